The Hall–Kier alpha value is -2.35. The lowest BCUT2D eigenvalue weighted by Crippen LogP contribution is -2.52. The summed E-state index contributed by atoms with van der Waals surface area (Å²) in [6.45, 7) is 6.30. The number of furan rings is 1. The molecule has 26 heavy (non-hydrogen) atoms. The molecule has 1 aromatic heterocycles. The average Bonchev–Trinajstić information content (AvgIpc) is 3.26. The number of carbonyl (C=O) groups is 3. The van der Waals surface area contributed by atoms with E-state index in [1.807, 2.05) is 17.9 Å². The summed E-state index contributed by atoms with van der Waals surface area (Å²) in [5.41, 5.74) is 0. The maximum atomic E-state index is 12.8. The molecule has 3 heterocycles. The summed E-state index contributed by atoms with van der Waals surface area (Å²) in [6.07, 6.45) is 1.84. The number of nitrogens with zero attached hydrogens (tertiary/aromatic N) is 3. The van der Waals surface area contributed by atoms with Gasteiger partial charge in [0.2, 0.25) is 17.7 Å². The van der Waals surface area contributed by atoms with E-state index in [-0.39, 0.29) is 30.1 Å². The molecule has 0 aliphatic carbocycles. The minimum atomic E-state index is -0.285. The fourth-order valence-electron chi connectivity index (χ4n) is 3.52. The van der Waals surface area contributed by atoms with Crippen LogP contribution in [0.3, 0.4) is 0 Å². The Morgan fingerprint density at radius 3 is 2.69 bits per heavy atom. The van der Waals surface area contributed by atoms with Crippen molar-refractivity contribution in [2.24, 2.45) is 5.92 Å². The number of piperazine rings is 1. The zero-order valence-corrected chi connectivity index (χ0v) is 15.1. The Labute approximate surface area is 153 Å². The molecule has 0 aromatic carbocycles. The second kappa shape index (κ2) is 8.35. The fourth-order valence-corrected chi connectivity index (χ4v) is 3.52. The maximum absolute atomic E-state index is 12.8. The Morgan fingerprint density at radius 2 is 2.04 bits per heavy atom. The van der Waals surface area contributed by atoms with E-state index in [4.69, 9.17) is 4.42 Å². The van der Waals surface area contributed by atoms with Crippen LogP contribution in [0.25, 0.3) is 0 Å². The van der Waals surface area contributed by atoms with Crippen LogP contribution in [-0.4, -0.2) is 78.2 Å². The van der Waals surface area contributed by atoms with Crippen molar-refractivity contribution in [3.8, 4) is 0 Å². The fraction of sp³-hybridized carbons (Fsp3) is 0.611. The van der Waals surface area contributed by atoms with Gasteiger partial charge in [0.25, 0.3) is 0 Å². The number of hydrogen-bond donors (Lipinski definition) is 1. The highest BCUT2D eigenvalue weighted by atomic mass is 16.3. The highest BCUT2D eigenvalue weighted by Gasteiger charge is 2.37. The van der Waals surface area contributed by atoms with Crippen LogP contribution >= 0.6 is 0 Å². The minimum Gasteiger partial charge on any atom is -0.467 e. The maximum Gasteiger partial charge on any atom is 0.234 e. The van der Waals surface area contributed by atoms with Crippen molar-refractivity contribution in [1.29, 1.82) is 0 Å². The van der Waals surface area contributed by atoms with Gasteiger partial charge in [-0.2, -0.15) is 0 Å². The first-order chi connectivity index (χ1) is 12.6. The molecule has 1 aromatic rings. The van der Waals surface area contributed by atoms with Crippen LogP contribution in [0.4, 0.5) is 0 Å². The number of likely N-dealkylation sites (tertiary alicyclic amines) is 1. The van der Waals surface area contributed by atoms with E-state index in [1.54, 1.807) is 17.2 Å². The zero-order valence-electron chi connectivity index (χ0n) is 15.1. The third kappa shape index (κ3) is 4.43. The third-order valence-corrected chi connectivity index (χ3v) is 4.92. The molecular weight excluding hydrogens is 336 g/mol. The van der Waals surface area contributed by atoms with Crippen molar-refractivity contribution in [1.82, 2.24) is 20.0 Å². The molecule has 1 atom stereocenters. The average molecular weight is 362 g/mol. The minimum absolute atomic E-state index is 0.00498. The van der Waals surface area contributed by atoms with Crippen molar-refractivity contribution >= 4 is 17.7 Å². The van der Waals surface area contributed by atoms with Crippen molar-refractivity contribution in [3.05, 3.63) is 24.2 Å². The number of nitrogens with one attached hydrogen (secondary N) is 1. The van der Waals surface area contributed by atoms with Gasteiger partial charge in [-0.3, -0.25) is 19.3 Å². The van der Waals surface area contributed by atoms with Gasteiger partial charge in [-0.05, 0) is 19.1 Å². The van der Waals surface area contributed by atoms with E-state index in [0.717, 1.165) is 5.76 Å². The molecule has 142 valence electrons. The van der Waals surface area contributed by atoms with Crippen molar-refractivity contribution in [2.45, 2.75) is 19.9 Å². The molecule has 2 aliphatic heterocycles. The van der Waals surface area contributed by atoms with E-state index < -0.39 is 0 Å². The second-order valence-electron chi connectivity index (χ2n) is 6.81. The van der Waals surface area contributed by atoms with Crippen LogP contribution in [0, 0.1) is 5.92 Å². The standard InChI is InChI=1S/C18H26N4O4/c1-2-19-16(23)13-20-5-7-21(8-6-20)18(25)14-10-17(24)22(11-14)12-15-4-3-9-26-15/h3-4,9,14H,2,5-8,10-13H2,1H3,(H,19,23). The molecule has 3 amide bonds. The van der Waals surface area contributed by atoms with Gasteiger partial charge >= 0.3 is 0 Å². The highest BCUT2D eigenvalue weighted by molar-refractivity contribution is 5.89. The molecule has 2 aliphatic rings. The topological polar surface area (TPSA) is 86.1 Å². The van der Waals surface area contributed by atoms with Crippen LogP contribution < -0.4 is 5.32 Å². The van der Waals surface area contributed by atoms with Crippen LogP contribution in [-0.2, 0) is 20.9 Å². The molecule has 1 N–H and O–H groups in total. The van der Waals surface area contributed by atoms with E-state index in [9.17, 15) is 14.4 Å². The van der Waals surface area contributed by atoms with Gasteiger partial charge < -0.3 is 19.5 Å². The van der Waals surface area contributed by atoms with Crippen LogP contribution in [0.2, 0.25) is 0 Å². The van der Waals surface area contributed by atoms with Gasteiger partial charge in [0, 0.05) is 45.7 Å². The summed E-state index contributed by atoms with van der Waals surface area (Å²) in [5.74, 6) is 0.493. The van der Waals surface area contributed by atoms with E-state index >= 15 is 0 Å². The van der Waals surface area contributed by atoms with Gasteiger partial charge in [0.05, 0.1) is 25.3 Å². The number of likely N-dealkylation sites (N-methyl/N-ethyl adjacent to an activating group) is 1. The predicted octanol–water partition coefficient (Wildman–Crippen LogP) is -0.0916. The summed E-state index contributed by atoms with van der Waals surface area (Å²) in [7, 11) is 0. The summed E-state index contributed by atoms with van der Waals surface area (Å²) in [4.78, 5) is 42.2. The first-order valence-electron chi connectivity index (χ1n) is 9.14. The Bertz CT molecular complexity index is 638. The molecule has 2 saturated heterocycles. The molecule has 2 fully saturated rings. The highest BCUT2D eigenvalue weighted by Crippen LogP contribution is 2.23. The van der Waals surface area contributed by atoms with E-state index in [2.05, 4.69) is 10.2 Å². The lowest BCUT2D eigenvalue weighted by atomic mass is 10.1. The summed E-state index contributed by atoms with van der Waals surface area (Å²) < 4.78 is 5.29. The lowest BCUT2D eigenvalue weighted by molar-refractivity contribution is -0.137. The molecule has 0 saturated carbocycles. The van der Waals surface area contributed by atoms with Gasteiger partial charge in [0.1, 0.15) is 5.76 Å². The molecule has 0 bridgehead atoms. The van der Waals surface area contributed by atoms with Gasteiger partial charge in [-0.15, -0.1) is 0 Å². The number of carbonyl (C=O) groups excluding carboxylic acids is 3. The molecule has 8 nitrogen and oxygen atoms in total. The molecule has 0 radical (unpaired) electrons. The third-order valence-electron chi connectivity index (χ3n) is 4.92. The first kappa shape index (κ1) is 18.4. The Kier molecular flexibility index (Phi) is 5.92. The molecule has 8 heteroatoms. The first-order valence-corrected chi connectivity index (χ1v) is 9.14. The number of hydrogen-bond acceptors (Lipinski definition) is 5. The molecule has 0 spiro atoms. The Morgan fingerprint density at radius 1 is 1.27 bits per heavy atom. The van der Waals surface area contributed by atoms with E-state index in [1.165, 1.54) is 0 Å². The Balaban J connectivity index is 1.46. The smallest absolute Gasteiger partial charge is 0.234 e. The monoisotopic (exact) mass is 362 g/mol. The van der Waals surface area contributed by atoms with E-state index in [0.29, 0.717) is 52.4 Å². The van der Waals surface area contributed by atoms with Crippen LogP contribution in [0.1, 0.15) is 19.1 Å². The summed E-state index contributed by atoms with van der Waals surface area (Å²) in [5, 5.41) is 2.79. The lowest BCUT2D eigenvalue weighted by Gasteiger charge is -2.35. The van der Waals surface area contributed by atoms with Gasteiger partial charge in [-0.1, -0.05) is 0 Å². The van der Waals surface area contributed by atoms with Crippen LogP contribution in [0.15, 0.2) is 22.8 Å². The largest absolute Gasteiger partial charge is 0.467 e. The quantitative estimate of drug-likeness (QED) is 0.764. The van der Waals surface area contributed by atoms with Crippen molar-refractivity contribution in [3.63, 3.8) is 0 Å². The number of rotatable bonds is 6. The summed E-state index contributed by atoms with van der Waals surface area (Å²) in [6, 6.07) is 3.62. The summed E-state index contributed by atoms with van der Waals surface area (Å²) >= 11 is 0. The van der Waals surface area contributed by atoms with Crippen molar-refractivity contribution < 1.29 is 18.8 Å². The number of amides is 3. The van der Waals surface area contributed by atoms with Crippen molar-refractivity contribution in [2.75, 3.05) is 45.8 Å². The molecular formula is C18H26N4O4. The van der Waals surface area contributed by atoms with Gasteiger partial charge in [0.15, 0.2) is 0 Å². The zero-order chi connectivity index (χ0) is 18.5. The molecule has 1 unspecified atom stereocenters. The molecule has 3 rings (SSSR count). The van der Waals surface area contributed by atoms with Gasteiger partial charge in [-0.25, -0.2) is 0 Å². The van der Waals surface area contributed by atoms with Crippen LogP contribution in [0.5, 0.6) is 0 Å². The predicted molar refractivity (Wildman–Crippen MR) is 93.9 cm³/mol. The normalized spacial score (nSPS) is 21.3. The second-order valence-corrected chi connectivity index (χ2v) is 6.81. The SMILES string of the molecule is CCNC(=O)CN1CCN(C(=O)C2CC(=O)N(Cc3ccco3)C2)CC1.